The molecule has 0 bridgehead atoms. The van der Waals surface area contributed by atoms with Gasteiger partial charge < -0.3 is 14.6 Å². The summed E-state index contributed by atoms with van der Waals surface area (Å²) in [7, 11) is 0. The van der Waals surface area contributed by atoms with Crippen LogP contribution in [0.2, 0.25) is 0 Å². The molecule has 1 saturated heterocycles. The summed E-state index contributed by atoms with van der Waals surface area (Å²) in [6.45, 7) is 0.108. The third-order valence-electron chi connectivity index (χ3n) is 5.31. The van der Waals surface area contributed by atoms with Crippen molar-refractivity contribution in [1.82, 2.24) is 0 Å². The van der Waals surface area contributed by atoms with Crippen molar-refractivity contribution in [3.8, 4) is 0 Å². The first-order chi connectivity index (χ1) is 14.6. The summed E-state index contributed by atoms with van der Waals surface area (Å²) >= 11 is 0. The molecule has 3 atom stereocenters. The predicted molar refractivity (Wildman–Crippen MR) is 100 cm³/mol. The van der Waals surface area contributed by atoms with Crippen LogP contribution in [-0.2, 0) is 28.2 Å². The van der Waals surface area contributed by atoms with Crippen molar-refractivity contribution >= 4 is 0 Å². The van der Waals surface area contributed by atoms with Crippen LogP contribution < -0.4 is 0 Å². The molecule has 1 aliphatic rings. The first-order valence-electron chi connectivity index (χ1n) is 9.77. The highest BCUT2D eigenvalue weighted by Crippen LogP contribution is 2.38. The van der Waals surface area contributed by atoms with Crippen molar-refractivity contribution in [2.24, 2.45) is 5.92 Å². The fourth-order valence-electron chi connectivity index (χ4n) is 3.76. The van der Waals surface area contributed by atoms with Gasteiger partial charge >= 0.3 is 12.4 Å². The van der Waals surface area contributed by atoms with Crippen LogP contribution in [0, 0.1) is 5.92 Å². The second-order valence-corrected chi connectivity index (χ2v) is 7.44. The van der Waals surface area contributed by atoms with E-state index in [1.54, 1.807) is 0 Å². The smallest absolute Gasteiger partial charge is 0.396 e. The van der Waals surface area contributed by atoms with Gasteiger partial charge in [-0.05, 0) is 48.1 Å². The van der Waals surface area contributed by atoms with Crippen molar-refractivity contribution in [2.45, 2.75) is 37.4 Å². The Morgan fingerprint density at radius 1 is 0.935 bits per heavy atom. The molecular weight excluding hydrogens is 426 g/mol. The number of hydrogen-bond donors (Lipinski definition) is 1. The summed E-state index contributed by atoms with van der Waals surface area (Å²) in [4.78, 5) is 0. The summed E-state index contributed by atoms with van der Waals surface area (Å²) in [6, 6.07) is 10.7. The van der Waals surface area contributed by atoms with Crippen LogP contribution in [0.25, 0.3) is 0 Å². The van der Waals surface area contributed by atoms with Gasteiger partial charge in [0.05, 0.1) is 24.3 Å². The number of ether oxygens (including phenoxy) is 2. The molecule has 2 aromatic rings. The van der Waals surface area contributed by atoms with E-state index in [9.17, 15) is 31.4 Å². The van der Waals surface area contributed by atoms with E-state index in [0.29, 0.717) is 25.2 Å². The summed E-state index contributed by atoms with van der Waals surface area (Å²) in [5, 5.41) is 9.73. The van der Waals surface area contributed by atoms with Crippen LogP contribution >= 0.6 is 0 Å². The number of aliphatic hydroxyl groups is 1. The van der Waals surface area contributed by atoms with Gasteiger partial charge in [0.1, 0.15) is 0 Å². The Hall–Kier alpha value is -2.10. The summed E-state index contributed by atoms with van der Waals surface area (Å²) < 4.78 is 89.6. The average molecular weight is 448 g/mol. The predicted octanol–water partition coefficient (Wildman–Crippen LogP) is 5.42. The number of hydrogen-bond acceptors (Lipinski definition) is 3. The molecule has 0 saturated carbocycles. The van der Waals surface area contributed by atoms with Crippen LogP contribution in [0.15, 0.2) is 48.5 Å². The Balaban J connectivity index is 1.75. The van der Waals surface area contributed by atoms with E-state index in [-0.39, 0.29) is 43.1 Å². The van der Waals surface area contributed by atoms with Gasteiger partial charge in [-0.25, -0.2) is 0 Å². The molecule has 1 N–H and O–H groups in total. The molecule has 31 heavy (non-hydrogen) atoms. The zero-order valence-corrected chi connectivity index (χ0v) is 16.4. The second kappa shape index (κ2) is 9.58. The van der Waals surface area contributed by atoms with Crippen molar-refractivity contribution < 1.29 is 40.9 Å². The number of aliphatic hydroxyl groups excluding tert-OH is 1. The normalized spacial score (nSPS) is 22.5. The lowest BCUT2D eigenvalue weighted by Crippen LogP contribution is -2.38. The van der Waals surface area contributed by atoms with Crippen LogP contribution in [0.5, 0.6) is 0 Å². The summed E-state index contributed by atoms with van der Waals surface area (Å²) in [5.74, 6) is -0.432. The number of halogens is 6. The maximum Gasteiger partial charge on any atom is 0.416 e. The van der Waals surface area contributed by atoms with E-state index in [0.717, 1.165) is 5.56 Å². The maximum absolute atomic E-state index is 13.0. The minimum atomic E-state index is -4.89. The quantitative estimate of drug-likeness (QED) is 0.600. The summed E-state index contributed by atoms with van der Waals surface area (Å²) in [6.07, 6.45) is -10.1. The first-order valence-corrected chi connectivity index (χ1v) is 9.77. The fraction of sp³-hybridized carbons (Fsp3) is 0.455. The van der Waals surface area contributed by atoms with E-state index in [1.807, 2.05) is 30.3 Å². The lowest BCUT2D eigenvalue weighted by Gasteiger charge is -2.37. The zero-order chi connectivity index (χ0) is 22.6. The topological polar surface area (TPSA) is 38.7 Å². The Morgan fingerprint density at radius 2 is 1.55 bits per heavy atom. The number of rotatable bonds is 6. The molecule has 2 aromatic carbocycles. The van der Waals surface area contributed by atoms with Crippen molar-refractivity contribution in [3.05, 3.63) is 70.8 Å². The van der Waals surface area contributed by atoms with Gasteiger partial charge in [0.2, 0.25) is 0 Å². The lowest BCUT2D eigenvalue weighted by molar-refractivity contribution is -0.190. The molecule has 170 valence electrons. The summed E-state index contributed by atoms with van der Waals surface area (Å²) in [5.41, 5.74) is -1.96. The van der Waals surface area contributed by atoms with Gasteiger partial charge in [0, 0.05) is 12.5 Å². The Kier molecular flexibility index (Phi) is 7.28. The van der Waals surface area contributed by atoms with E-state index in [1.165, 1.54) is 0 Å². The molecule has 1 heterocycles. The van der Waals surface area contributed by atoms with Gasteiger partial charge in [-0.3, -0.25) is 0 Å². The highest BCUT2D eigenvalue weighted by atomic mass is 19.4. The second-order valence-electron chi connectivity index (χ2n) is 7.44. The van der Waals surface area contributed by atoms with Crippen LogP contribution in [0.4, 0.5) is 26.3 Å². The van der Waals surface area contributed by atoms with E-state index in [4.69, 9.17) is 9.47 Å². The standard InChI is InChI=1S/C22H22F6O3/c23-21(24,25)17-10-14(11-18(12-17)22(26,27)28)6-8-30-20-19(15-4-2-1-3-5-15)16(13-29)7-9-31-20/h1-5,10-12,16,19-20,29H,6-9,13H2/t16-,19-,20+/m1/s1. The van der Waals surface area contributed by atoms with Gasteiger partial charge in [-0.15, -0.1) is 0 Å². The van der Waals surface area contributed by atoms with E-state index >= 15 is 0 Å². The minimum Gasteiger partial charge on any atom is -0.396 e. The molecule has 9 heteroatoms. The van der Waals surface area contributed by atoms with E-state index in [2.05, 4.69) is 0 Å². The SMILES string of the molecule is OC[C@H]1CCO[C@H](OCCc2cc(C(F)(F)F)cc(C(F)(F)F)c2)[C@@H]1c1ccccc1. The molecule has 0 radical (unpaired) electrons. The van der Waals surface area contributed by atoms with Crippen molar-refractivity contribution in [3.63, 3.8) is 0 Å². The lowest BCUT2D eigenvalue weighted by atomic mass is 9.82. The first kappa shape index (κ1) is 23.6. The van der Waals surface area contributed by atoms with Gasteiger partial charge in [-0.2, -0.15) is 26.3 Å². The van der Waals surface area contributed by atoms with E-state index < -0.39 is 29.8 Å². The van der Waals surface area contributed by atoms with Gasteiger partial charge in [0.15, 0.2) is 6.29 Å². The third kappa shape index (κ3) is 5.99. The molecule has 0 unspecified atom stereocenters. The number of benzene rings is 2. The van der Waals surface area contributed by atoms with Crippen molar-refractivity contribution in [1.29, 1.82) is 0 Å². The van der Waals surface area contributed by atoms with Gasteiger partial charge in [0.25, 0.3) is 0 Å². The molecule has 3 rings (SSSR count). The van der Waals surface area contributed by atoms with Crippen LogP contribution in [0.3, 0.4) is 0 Å². The Morgan fingerprint density at radius 3 is 2.10 bits per heavy atom. The molecule has 0 aliphatic carbocycles. The van der Waals surface area contributed by atoms with Gasteiger partial charge in [-0.1, -0.05) is 30.3 Å². The Labute approximate surface area is 175 Å². The third-order valence-corrected chi connectivity index (χ3v) is 5.31. The highest BCUT2D eigenvalue weighted by Gasteiger charge is 2.38. The molecule has 1 fully saturated rings. The molecule has 3 nitrogen and oxygen atoms in total. The molecular formula is C22H22F6O3. The van der Waals surface area contributed by atoms with Crippen molar-refractivity contribution in [2.75, 3.05) is 19.8 Å². The molecule has 1 aliphatic heterocycles. The minimum absolute atomic E-state index is 0.0919. The Bertz CT molecular complexity index is 818. The zero-order valence-electron chi connectivity index (χ0n) is 16.4. The fourth-order valence-corrected chi connectivity index (χ4v) is 3.76. The molecule has 0 aromatic heterocycles. The monoisotopic (exact) mass is 448 g/mol. The molecule has 0 amide bonds. The highest BCUT2D eigenvalue weighted by molar-refractivity contribution is 5.33. The van der Waals surface area contributed by atoms with Crippen LogP contribution in [0.1, 0.15) is 34.6 Å². The van der Waals surface area contributed by atoms with Crippen LogP contribution in [-0.4, -0.2) is 31.2 Å². The molecule has 0 spiro atoms. The average Bonchev–Trinajstić information content (AvgIpc) is 2.72. The number of alkyl halides is 6. The maximum atomic E-state index is 13.0. The largest absolute Gasteiger partial charge is 0.416 e.